The molecule has 0 amide bonds. The summed E-state index contributed by atoms with van der Waals surface area (Å²) in [5, 5.41) is 3.32. The van der Waals surface area contributed by atoms with Crippen molar-refractivity contribution in [3.8, 4) is 11.5 Å². The van der Waals surface area contributed by atoms with E-state index in [1.165, 1.54) is 5.56 Å². The molecule has 0 aromatic heterocycles. The molecule has 0 aliphatic carbocycles. The maximum absolute atomic E-state index is 5.95. The molecule has 3 nitrogen and oxygen atoms in total. The fraction of sp³-hybridized carbons (Fsp3) is 0.625. The van der Waals surface area contributed by atoms with Gasteiger partial charge in [-0.3, -0.25) is 0 Å². The van der Waals surface area contributed by atoms with Crippen molar-refractivity contribution >= 4 is 0 Å². The molecular weight excluding hydrogens is 238 g/mol. The average Bonchev–Trinajstić information content (AvgIpc) is 2.39. The summed E-state index contributed by atoms with van der Waals surface area (Å²) in [7, 11) is 0. The molecule has 1 N–H and O–H groups in total. The normalized spacial score (nSPS) is 12.2. The number of benzene rings is 1. The largest absolute Gasteiger partial charge is 0.490 e. The van der Waals surface area contributed by atoms with E-state index < -0.39 is 0 Å². The topological polar surface area (TPSA) is 30.5 Å². The van der Waals surface area contributed by atoms with Gasteiger partial charge in [-0.15, -0.1) is 0 Å². The number of hydrogen-bond acceptors (Lipinski definition) is 3. The van der Waals surface area contributed by atoms with Gasteiger partial charge in [-0.05, 0) is 44.5 Å². The Morgan fingerprint density at radius 3 is 2.58 bits per heavy atom. The SMILES string of the molecule is CCCC(C)Oc1ccc(CNCC)cc1OCC. The smallest absolute Gasteiger partial charge is 0.161 e. The fourth-order valence-electron chi connectivity index (χ4n) is 1.98. The molecule has 0 heterocycles. The Balaban J connectivity index is 2.78. The third-order valence-electron chi connectivity index (χ3n) is 2.91. The average molecular weight is 265 g/mol. The first-order valence-corrected chi connectivity index (χ1v) is 7.34. The summed E-state index contributed by atoms with van der Waals surface area (Å²) in [6.07, 6.45) is 2.41. The van der Waals surface area contributed by atoms with Gasteiger partial charge in [-0.2, -0.15) is 0 Å². The van der Waals surface area contributed by atoms with E-state index in [-0.39, 0.29) is 6.10 Å². The molecule has 0 saturated heterocycles. The minimum Gasteiger partial charge on any atom is -0.490 e. The van der Waals surface area contributed by atoms with E-state index in [9.17, 15) is 0 Å². The zero-order valence-electron chi connectivity index (χ0n) is 12.7. The van der Waals surface area contributed by atoms with Crippen LogP contribution in [0.4, 0.5) is 0 Å². The van der Waals surface area contributed by atoms with Crippen molar-refractivity contribution in [2.45, 2.75) is 53.2 Å². The highest BCUT2D eigenvalue weighted by molar-refractivity contribution is 5.43. The van der Waals surface area contributed by atoms with E-state index in [0.717, 1.165) is 37.4 Å². The molecule has 1 rings (SSSR count). The van der Waals surface area contributed by atoms with Gasteiger partial charge in [0, 0.05) is 6.54 Å². The summed E-state index contributed by atoms with van der Waals surface area (Å²) in [6.45, 7) is 10.9. The quantitative estimate of drug-likeness (QED) is 0.737. The van der Waals surface area contributed by atoms with Gasteiger partial charge in [0.1, 0.15) is 0 Å². The molecule has 0 radical (unpaired) electrons. The van der Waals surface area contributed by atoms with Crippen LogP contribution in [-0.4, -0.2) is 19.3 Å². The molecule has 0 fully saturated rings. The van der Waals surface area contributed by atoms with Crippen LogP contribution in [0.3, 0.4) is 0 Å². The first kappa shape index (κ1) is 15.8. The highest BCUT2D eigenvalue weighted by Crippen LogP contribution is 2.30. The van der Waals surface area contributed by atoms with Crippen LogP contribution in [-0.2, 0) is 6.54 Å². The second kappa shape index (κ2) is 8.81. The van der Waals surface area contributed by atoms with Crippen molar-refractivity contribution in [1.82, 2.24) is 5.32 Å². The standard InChI is InChI=1S/C16H27NO2/c1-5-8-13(4)19-15-10-9-14(12-17-6-2)11-16(15)18-7-3/h9-11,13,17H,5-8,12H2,1-4H3. The van der Waals surface area contributed by atoms with Crippen LogP contribution < -0.4 is 14.8 Å². The second-order valence-electron chi connectivity index (χ2n) is 4.71. The Kier molecular flexibility index (Phi) is 7.34. The van der Waals surface area contributed by atoms with Crippen LogP contribution in [0, 0.1) is 0 Å². The maximum Gasteiger partial charge on any atom is 0.161 e. The minimum absolute atomic E-state index is 0.226. The molecule has 0 bridgehead atoms. The molecule has 1 aromatic carbocycles. The first-order valence-electron chi connectivity index (χ1n) is 7.34. The lowest BCUT2D eigenvalue weighted by Gasteiger charge is -2.18. The zero-order valence-corrected chi connectivity index (χ0v) is 12.7. The van der Waals surface area contributed by atoms with Crippen LogP contribution in [0.25, 0.3) is 0 Å². The van der Waals surface area contributed by atoms with Crippen LogP contribution in [0.1, 0.15) is 46.1 Å². The zero-order chi connectivity index (χ0) is 14.1. The predicted molar refractivity (Wildman–Crippen MR) is 80.0 cm³/mol. The number of nitrogens with one attached hydrogen (secondary N) is 1. The van der Waals surface area contributed by atoms with Gasteiger partial charge < -0.3 is 14.8 Å². The molecule has 108 valence electrons. The Morgan fingerprint density at radius 2 is 1.95 bits per heavy atom. The molecule has 1 unspecified atom stereocenters. The monoisotopic (exact) mass is 265 g/mol. The van der Waals surface area contributed by atoms with E-state index in [1.807, 2.05) is 13.0 Å². The molecule has 0 spiro atoms. The lowest BCUT2D eigenvalue weighted by Crippen LogP contribution is -2.14. The molecule has 1 aromatic rings. The predicted octanol–water partition coefficient (Wildman–Crippen LogP) is 3.76. The molecule has 0 aliphatic heterocycles. The van der Waals surface area contributed by atoms with Crippen molar-refractivity contribution in [3.05, 3.63) is 23.8 Å². The van der Waals surface area contributed by atoms with Gasteiger partial charge in [0.2, 0.25) is 0 Å². The fourth-order valence-corrected chi connectivity index (χ4v) is 1.98. The molecule has 1 atom stereocenters. The Hall–Kier alpha value is -1.22. The minimum atomic E-state index is 0.226. The van der Waals surface area contributed by atoms with Crippen molar-refractivity contribution in [1.29, 1.82) is 0 Å². The molecular formula is C16H27NO2. The van der Waals surface area contributed by atoms with Gasteiger partial charge in [0.05, 0.1) is 12.7 Å². The molecule has 0 aliphatic rings. The van der Waals surface area contributed by atoms with Gasteiger partial charge >= 0.3 is 0 Å². The summed E-state index contributed by atoms with van der Waals surface area (Å²) < 4.78 is 11.6. The van der Waals surface area contributed by atoms with Gasteiger partial charge in [0.15, 0.2) is 11.5 Å². The van der Waals surface area contributed by atoms with Crippen LogP contribution in [0.2, 0.25) is 0 Å². The van der Waals surface area contributed by atoms with E-state index >= 15 is 0 Å². The third-order valence-corrected chi connectivity index (χ3v) is 2.91. The summed E-state index contributed by atoms with van der Waals surface area (Å²) >= 11 is 0. The van der Waals surface area contributed by atoms with Crippen LogP contribution >= 0.6 is 0 Å². The van der Waals surface area contributed by atoms with Gasteiger partial charge in [-0.1, -0.05) is 26.3 Å². The van der Waals surface area contributed by atoms with E-state index in [0.29, 0.717) is 6.61 Å². The molecule has 3 heteroatoms. The van der Waals surface area contributed by atoms with E-state index in [1.54, 1.807) is 0 Å². The number of hydrogen-bond donors (Lipinski definition) is 1. The highest BCUT2D eigenvalue weighted by Gasteiger charge is 2.10. The Bertz CT molecular complexity index is 366. The molecule has 0 saturated carbocycles. The maximum atomic E-state index is 5.95. The summed E-state index contributed by atoms with van der Waals surface area (Å²) in [4.78, 5) is 0. The number of rotatable bonds is 9. The third kappa shape index (κ3) is 5.52. The summed E-state index contributed by atoms with van der Waals surface area (Å²) in [5.74, 6) is 1.70. The van der Waals surface area contributed by atoms with Crippen molar-refractivity contribution in [3.63, 3.8) is 0 Å². The summed E-state index contributed by atoms with van der Waals surface area (Å²) in [6, 6.07) is 6.18. The van der Waals surface area contributed by atoms with E-state index in [2.05, 4.69) is 38.2 Å². The Labute approximate surface area is 117 Å². The van der Waals surface area contributed by atoms with Crippen LogP contribution in [0.15, 0.2) is 18.2 Å². The highest BCUT2D eigenvalue weighted by atomic mass is 16.5. The van der Waals surface area contributed by atoms with Gasteiger partial charge in [-0.25, -0.2) is 0 Å². The van der Waals surface area contributed by atoms with Crippen LogP contribution in [0.5, 0.6) is 11.5 Å². The van der Waals surface area contributed by atoms with Crippen molar-refractivity contribution < 1.29 is 9.47 Å². The second-order valence-corrected chi connectivity index (χ2v) is 4.71. The lowest BCUT2D eigenvalue weighted by atomic mass is 10.2. The van der Waals surface area contributed by atoms with Crippen molar-refractivity contribution in [2.75, 3.05) is 13.2 Å². The van der Waals surface area contributed by atoms with Crippen molar-refractivity contribution in [2.24, 2.45) is 0 Å². The van der Waals surface area contributed by atoms with E-state index in [4.69, 9.17) is 9.47 Å². The Morgan fingerprint density at radius 1 is 1.16 bits per heavy atom. The first-order chi connectivity index (χ1) is 9.21. The molecule has 19 heavy (non-hydrogen) atoms. The summed E-state index contributed by atoms with van der Waals surface area (Å²) in [5.41, 5.74) is 1.22. The lowest BCUT2D eigenvalue weighted by molar-refractivity contribution is 0.197. The number of ether oxygens (including phenoxy) is 2. The van der Waals surface area contributed by atoms with Gasteiger partial charge in [0.25, 0.3) is 0 Å².